The van der Waals surface area contributed by atoms with E-state index >= 15 is 0 Å². The van der Waals surface area contributed by atoms with Crippen LogP contribution in [0.4, 0.5) is 0 Å². The fraction of sp³-hybridized carbons (Fsp3) is 0.167. The lowest BCUT2D eigenvalue weighted by Gasteiger charge is -1.88. The van der Waals surface area contributed by atoms with Crippen molar-refractivity contribution in [2.75, 3.05) is 0 Å². The Morgan fingerprint density at radius 2 is 2.25 bits per heavy atom. The van der Waals surface area contributed by atoms with Crippen molar-refractivity contribution in [1.29, 1.82) is 0 Å². The Kier molecular flexibility index (Phi) is 1.33. The lowest BCUT2D eigenvalue weighted by Crippen LogP contribution is -2.33. The van der Waals surface area contributed by atoms with Crippen molar-refractivity contribution >= 4 is 7.98 Å². The molecular formula is C6H9BN+. The Morgan fingerprint density at radius 3 is 2.62 bits per heavy atom. The van der Waals surface area contributed by atoms with Crippen molar-refractivity contribution in [3.8, 4) is 0 Å². The zero-order chi connectivity index (χ0) is 5.98. The summed E-state index contributed by atoms with van der Waals surface area (Å²) >= 11 is 0. The average molecular weight is 106 g/mol. The predicted molar refractivity (Wildman–Crippen MR) is 35.3 cm³/mol. The molecule has 40 valence electrons. The van der Waals surface area contributed by atoms with Gasteiger partial charge >= 0.3 is 7.98 Å². The molecule has 1 aromatic rings. The van der Waals surface area contributed by atoms with Gasteiger partial charge < -0.3 is 0 Å². The van der Waals surface area contributed by atoms with E-state index in [9.17, 15) is 0 Å². The van der Waals surface area contributed by atoms with Crippen LogP contribution in [0, 0.1) is 6.92 Å². The SMILES string of the molecule is B[n+]1ccccc1C. The quantitative estimate of drug-likeness (QED) is 0.399. The minimum atomic E-state index is 1.28. The average Bonchev–Trinajstić information content (AvgIpc) is 1.77. The maximum atomic E-state index is 2.08. The molecule has 0 atom stereocenters. The summed E-state index contributed by atoms with van der Waals surface area (Å²) in [5, 5.41) is 0. The van der Waals surface area contributed by atoms with Crippen LogP contribution in [0.3, 0.4) is 0 Å². The van der Waals surface area contributed by atoms with Crippen molar-refractivity contribution < 1.29 is 4.48 Å². The summed E-state index contributed by atoms with van der Waals surface area (Å²) in [6.45, 7) is 2.08. The Balaban J connectivity index is 3.13. The fourth-order valence-electron chi connectivity index (χ4n) is 0.609. The Labute approximate surface area is 50.4 Å². The maximum absolute atomic E-state index is 2.08. The molecule has 1 aromatic heterocycles. The molecule has 0 saturated carbocycles. The lowest BCUT2D eigenvalue weighted by atomic mass is 10.3. The standard InChI is InChI=1S/C6H9BN/c1-6-4-2-3-5-8(6)7/h2-5H,7H2,1H3/q+1. The third-order valence-corrected chi connectivity index (χ3v) is 1.31. The first-order valence-corrected chi connectivity index (χ1v) is 2.72. The van der Waals surface area contributed by atoms with E-state index in [1.54, 1.807) is 0 Å². The van der Waals surface area contributed by atoms with Gasteiger partial charge in [-0.2, -0.15) is 0 Å². The number of aromatic nitrogens is 1. The molecular weight excluding hydrogens is 96.9 g/mol. The molecule has 0 N–H and O–H groups in total. The van der Waals surface area contributed by atoms with Crippen molar-refractivity contribution in [3.63, 3.8) is 0 Å². The highest BCUT2D eigenvalue weighted by Crippen LogP contribution is 1.83. The molecule has 0 aliphatic heterocycles. The zero-order valence-corrected chi connectivity index (χ0v) is 5.26. The molecule has 0 amide bonds. The van der Waals surface area contributed by atoms with Crippen LogP contribution >= 0.6 is 0 Å². The first kappa shape index (κ1) is 5.35. The molecule has 0 aliphatic carbocycles. The third kappa shape index (κ3) is 0.888. The second kappa shape index (κ2) is 1.99. The van der Waals surface area contributed by atoms with Crippen LogP contribution in [-0.2, 0) is 0 Å². The first-order valence-electron chi connectivity index (χ1n) is 2.72. The van der Waals surface area contributed by atoms with Crippen LogP contribution in [-0.4, -0.2) is 7.98 Å². The van der Waals surface area contributed by atoms with E-state index in [0.717, 1.165) is 0 Å². The summed E-state index contributed by atoms with van der Waals surface area (Å²) in [5.41, 5.74) is 1.28. The fourth-order valence-corrected chi connectivity index (χ4v) is 0.609. The highest BCUT2D eigenvalue weighted by Gasteiger charge is 1.91. The van der Waals surface area contributed by atoms with E-state index in [1.807, 2.05) is 26.3 Å². The number of rotatable bonds is 0. The summed E-state index contributed by atoms with van der Waals surface area (Å²) in [4.78, 5) is 0. The van der Waals surface area contributed by atoms with Gasteiger partial charge in [-0.25, -0.2) is 0 Å². The molecule has 0 saturated heterocycles. The van der Waals surface area contributed by atoms with Crippen LogP contribution in [0.5, 0.6) is 0 Å². The number of aryl methyl sites for hydroxylation is 1. The summed E-state index contributed by atoms with van der Waals surface area (Å²) in [6.07, 6.45) is 2.04. The highest BCUT2D eigenvalue weighted by atomic mass is 14.8. The van der Waals surface area contributed by atoms with Gasteiger partial charge in [0, 0.05) is 13.0 Å². The molecule has 1 heterocycles. The summed E-state index contributed by atoms with van der Waals surface area (Å²) in [6, 6.07) is 6.14. The second-order valence-corrected chi connectivity index (χ2v) is 1.95. The van der Waals surface area contributed by atoms with E-state index in [4.69, 9.17) is 0 Å². The number of hydrogen-bond acceptors (Lipinski definition) is 0. The Morgan fingerprint density at radius 1 is 1.50 bits per heavy atom. The molecule has 0 bridgehead atoms. The van der Waals surface area contributed by atoms with E-state index in [0.29, 0.717) is 0 Å². The Bertz CT molecular complexity index is 165. The van der Waals surface area contributed by atoms with Crippen molar-refractivity contribution in [3.05, 3.63) is 30.1 Å². The minimum absolute atomic E-state index is 1.28. The smallest absolute Gasteiger partial charge is 0.294 e. The molecule has 2 heteroatoms. The molecule has 0 fully saturated rings. The van der Waals surface area contributed by atoms with Gasteiger partial charge in [0.1, 0.15) is 6.20 Å². The number of hydrogen-bond donors (Lipinski definition) is 0. The van der Waals surface area contributed by atoms with Crippen LogP contribution in [0.15, 0.2) is 24.4 Å². The minimum Gasteiger partial charge on any atom is -0.294 e. The van der Waals surface area contributed by atoms with Crippen LogP contribution in [0.1, 0.15) is 5.69 Å². The van der Waals surface area contributed by atoms with Gasteiger partial charge in [0.05, 0.1) is 0 Å². The molecule has 0 spiro atoms. The Hall–Kier alpha value is -0.785. The largest absolute Gasteiger partial charge is 0.455 e. The lowest BCUT2D eigenvalue weighted by molar-refractivity contribution is -0.529. The zero-order valence-electron chi connectivity index (χ0n) is 5.26. The molecule has 0 aromatic carbocycles. The van der Waals surface area contributed by atoms with Gasteiger partial charge in [0.2, 0.25) is 0 Å². The molecule has 1 nitrogen and oxygen atoms in total. The maximum Gasteiger partial charge on any atom is 0.455 e. The van der Waals surface area contributed by atoms with E-state index in [-0.39, 0.29) is 0 Å². The van der Waals surface area contributed by atoms with E-state index in [1.165, 1.54) is 5.69 Å². The highest BCUT2D eigenvalue weighted by molar-refractivity contribution is 5.94. The van der Waals surface area contributed by atoms with Crippen LogP contribution in [0.2, 0.25) is 0 Å². The predicted octanol–water partition coefficient (Wildman–Crippen LogP) is -0.321. The van der Waals surface area contributed by atoms with Crippen molar-refractivity contribution in [2.24, 2.45) is 0 Å². The normalized spacial score (nSPS) is 9.12. The van der Waals surface area contributed by atoms with Gasteiger partial charge in [0.15, 0.2) is 5.69 Å². The molecule has 1 rings (SSSR count). The molecule has 0 radical (unpaired) electrons. The van der Waals surface area contributed by atoms with Crippen LogP contribution in [0.25, 0.3) is 0 Å². The van der Waals surface area contributed by atoms with E-state index in [2.05, 4.69) is 17.5 Å². The van der Waals surface area contributed by atoms with E-state index < -0.39 is 0 Å². The first-order chi connectivity index (χ1) is 3.80. The van der Waals surface area contributed by atoms with Crippen molar-refractivity contribution in [2.45, 2.75) is 6.92 Å². The summed E-state index contributed by atoms with van der Waals surface area (Å²) < 4.78 is 2.08. The number of pyridine rings is 1. The second-order valence-electron chi connectivity index (χ2n) is 1.95. The summed E-state index contributed by atoms with van der Waals surface area (Å²) in [7, 11) is 2.04. The molecule has 0 aliphatic rings. The van der Waals surface area contributed by atoms with Gasteiger partial charge in [-0.15, -0.1) is 0 Å². The van der Waals surface area contributed by atoms with Crippen molar-refractivity contribution in [1.82, 2.24) is 0 Å². The van der Waals surface area contributed by atoms with Crippen LogP contribution < -0.4 is 4.48 Å². The molecule has 0 unspecified atom stereocenters. The van der Waals surface area contributed by atoms with Gasteiger partial charge in [-0.1, -0.05) is 6.07 Å². The number of nitrogens with zero attached hydrogens (tertiary/aromatic N) is 1. The summed E-state index contributed by atoms with van der Waals surface area (Å²) in [5.74, 6) is 0. The third-order valence-electron chi connectivity index (χ3n) is 1.31. The van der Waals surface area contributed by atoms with Gasteiger partial charge in [0.25, 0.3) is 0 Å². The van der Waals surface area contributed by atoms with Gasteiger partial charge in [-0.05, 0) is 6.07 Å². The molecule has 8 heavy (non-hydrogen) atoms. The van der Waals surface area contributed by atoms with Gasteiger partial charge in [-0.3, -0.25) is 4.48 Å². The topological polar surface area (TPSA) is 3.88 Å². The monoisotopic (exact) mass is 106 g/mol.